The molecule has 1 aliphatic carbocycles. The maximum Gasteiger partial charge on any atom is 0.264 e. The highest BCUT2D eigenvalue weighted by molar-refractivity contribution is 7.17. The Bertz CT molecular complexity index is 752. The molecule has 1 fully saturated rings. The summed E-state index contributed by atoms with van der Waals surface area (Å²) in [7, 11) is 0. The quantitative estimate of drug-likeness (QED) is 0.920. The highest BCUT2D eigenvalue weighted by atomic mass is 32.1. The predicted molar refractivity (Wildman–Crippen MR) is 94.8 cm³/mol. The van der Waals surface area contributed by atoms with Crippen LogP contribution in [0.1, 0.15) is 34.1 Å². The molecule has 1 aromatic heterocycles. The number of nitrogens with two attached hydrogens (primary N) is 1. The van der Waals surface area contributed by atoms with Crippen LogP contribution in [0.2, 0.25) is 0 Å². The van der Waals surface area contributed by atoms with Crippen LogP contribution in [0.15, 0.2) is 30.3 Å². The van der Waals surface area contributed by atoms with Crippen molar-refractivity contribution in [2.75, 3.05) is 13.1 Å². The molecule has 2 aliphatic rings. The van der Waals surface area contributed by atoms with Crippen LogP contribution in [0, 0.1) is 5.92 Å². The smallest absolute Gasteiger partial charge is 0.264 e. The number of rotatable bonds is 2. The lowest BCUT2D eigenvalue weighted by Crippen LogP contribution is -2.33. The molecule has 2 atom stereocenters. The second-order valence-corrected chi connectivity index (χ2v) is 7.82. The fourth-order valence-corrected chi connectivity index (χ4v) is 5.14. The minimum Gasteiger partial charge on any atom is -0.335 e. The molecule has 1 amide bonds. The van der Waals surface area contributed by atoms with Crippen molar-refractivity contribution in [1.29, 1.82) is 0 Å². The molecule has 2 aromatic rings. The van der Waals surface area contributed by atoms with Gasteiger partial charge in [0.2, 0.25) is 0 Å². The van der Waals surface area contributed by atoms with E-state index >= 15 is 0 Å². The fraction of sp³-hybridized carbons (Fsp3) is 0.421. The predicted octanol–water partition coefficient (Wildman–Crippen LogP) is 3.32. The minimum absolute atomic E-state index is 0.185. The van der Waals surface area contributed by atoms with Gasteiger partial charge in [0.1, 0.15) is 0 Å². The number of benzene rings is 1. The molecule has 2 N–H and O–H groups in total. The molecular formula is C19H22N2OS. The molecule has 4 heteroatoms. The molecule has 23 heavy (non-hydrogen) atoms. The molecular weight excluding hydrogens is 304 g/mol. The maximum absolute atomic E-state index is 12.9. The van der Waals surface area contributed by atoms with E-state index in [1.165, 1.54) is 21.6 Å². The van der Waals surface area contributed by atoms with E-state index in [0.29, 0.717) is 18.5 Å². The Morgan fingerprint density at radius 2 is 2.09 bits per heavy atom. The number of carbonyl (C=O) groups is 1. The van der Waals surface area contributed by atoms with Crippen LogP contribution in [-0.4, -0.2) is 29.9 Å². The van der Waals surface area contributed by atoms with Crippen LogP contribution in [0.4, 0.5) is 0 Å². The molecule has 2 heterocycles. The number of hydrogen-bond acceptors (Lipinski definition) is 3. The Balaban J connectivity index is 1.65. The largest absolute Gasteiger partial charge is 0.335 e. The molecule has 0 spiro atoms. The van der Waals surface area contributed by atoms with Gasteiger partial charge in [0.05, 0.1) is 4.88 Å². The van der Waals surface area contributed by atoms with Crippen molar-refractivity contribution >= 4 is 17.2 Å². The number of nitrogens with zero attached hydrogens (tertiary/aromatic N) is 1. The summed E-state index contributed by atoms with van der Waals surface area (Å²) in [5, 5.41) is 0. The SMILES string of the molecule is CC1CC(CN)CN1C(=O)c1cc2c(s1)-c1ccccc1CC2. The van der Waals surface area contributed by atoms with Crippen molar-refractivity contribution in [3.05, 3.63) is 46.3 Å². The third-order valence-corrected chi connectivity index (χ3v) is 6.40. The van der Waals surface area contributed by atoms with Gasteiger partial charge in [-0.2, -0.15) is 0 Å². The Morgan fingerprint density at radius 1 is 1.30 bits per heavy atom. The molecule has 0 saturated carbocycles. The van der Waals surface area contributed by atoms with E-state index in [1.54, 1.807) is 11.3 Å². The van der Waals surface area contributed by atoms with E-state index in [9.17, 15) is 4.79 Å². The standard InChI is InChI=1S/C19H22N2OS/c1-12-8-13(10-20)11-21(12)19(22)17-9-15-7-6-14-4-2-3-5-16(14)18(15)23-17/h2-5,9,12-13H,6-8,10-11,20H2,1H3. The maximum atomic E-state index is 12.9. The third kappa shape index (κ3) is 2.50. The number of fused-ring (bicyclic) bond motifs is 3. The first kappa shape index (κ1) is 14.9. The van der Waals surface area contributed by atoms with Crippen LogP contribution >= 0.6 is 11.3 Å². The lowest BCUT2D eigenvalue weighted by atomic mass is 9.91. The Labute approximate surface area is 141 Å². The molecule has 4 rings (SSSR count). The van der Waals surface area contributed by atoms with Gasteiger partial charge in [-0.05, 0) is 61.4 Å². The zero-order valence-corrected chi connectivity index (χ0v) is 14.2. The van der Waals surface area contributed by atoms with Crippen LogP contribution < -0.4 is 5.73 Å². The summed E-state index contributed by atoms with van der Waals surface area (Å²) in [6, 6.07) is 11.0. The monoisotopic (exact) mass is 326 g/mol. The van der Waals surface area contributed by atoms with Crippen LogP contribution in [-0.2, 0) is 12.8 Å². The zero-order valence-electron chi connectivity index (χ0n) is 13.4. The molecule has 3 nitrogen and oxygen atoms in total. The Morgan fingerprint density at radius 3 is 2.87 bits per heavy atom. The first-order chi connectivity index (χ1) is 11.2. The molecule has 0 bridgehead atoms. The lowest BCUT2D eigenvalue weighted by molar-refractivity contribution is 0.0748. The average Bonchev–Trinajstić information content (AvgIpc) is 3.17. The summed E-state index contributed by atoms with van der Waals surface area (Å²) in [4.78, 5) is 17.1. The second-order valence-electron chi connectivity index (χ2n) is 6.77. The number of carbonyl (C=O) groups excluding carboxylic acids is 1. The Kier molecular flexibility index (Phi) is 3.74. The van der Waals surface area contributed by atoms with Gasteiger partial charge < -0.3 is 10.6 Å². The highest BCUT2D eigenvalue weighted by Gasteiger charge is 2.33. The van der Waals surface area contributed by atoms with E-state index in [0.717, 1.165) is 30.7 Å². The Hall–Kier alpha value is -1.65. The zero-order chi connectivity index (χ0) is 16.0. The molecule has 1 aromatic carbocycles. The van der Waals surface area contributed by atoms with Gasteiger partial charge in [0, 0.05) is 17.5 Å². The van der Waals surface area contributed by atoms with Crippen LogP contribution in [0.25, 0.3) is 10.4 Å². The van der Waals surface area contributed by atoms with Gasteiger partial charge >= 0.3 is 0 Å². The van der Waals surface area contributed by atoms with E-state index in [2.05, 4.69) is 37.3 Å². The summed E-state index contributed by atoms with van der Waals surface area (Å²) >= 11 is 1.66. The number of hydrogen-bond donors (Lipinski definition) is 1. The van der Waals surface area contributed by atoms with E-state index in [4.69, 9.17) is 5.73 Å². The van der Waals surface area contributed by atoms with Crippen molar-refractivity contribution in [3.8, 4) is 10.4 Å². The number of aryl methyl sites for hydroxylation is 2. The lowest BCUT2D eigenvalue weighted by Gasteiger charge is -2.20. The summed E-state index contributed by atoms with van der Waals surface area (Å²) in [6.07, 6.45) is 3.14. The topological polar surface area (TPSA) is 46.3 Å². The van der Waals surface area contributed by atoms with Crippen LogP contribution in [0.5, 0.6) is 0 Å². The van der Waals surface area contributed by atoms with Crippen molar-refractivity contribution in [3.63, 3.8) is 0 Å². The van der Waals surface area contributed by atoms with Crippen molar-refractivity contribution in [2.45, 2.75) is 32.2 Å². The average molecular weight is 326 g/mol. The van der Waals surface area contributed by atoms with Crippen molar-refractivity contribution in [1.82, 2.24) is 4.90 Å². The summed E-state index contributed by atoms with van der Waals surface area (Å²) in [5.41, 5.74) is 9.84. The van der Waals surface area contributed by atoms with Gasteiger partial charge in [-0.15, -0.1) is 11.3 Å². The third-order valence-electron chi connectivity index (χ3n) is 5.20. The summed E-state index contributed by atoms with van der Waals surface area (Å²) < 4.78 is 0. The van der Waals surface area contributed by atoms with E-state index < -0.39 is 0 Å². The number of likely N-dealkylation sites (tertiary alicyclic amines) is 1. The normalized spacial score (nSPS) is 22.8. The summed E-state index contributed by atoms with van der Waals surface area (Å²) in [6.45, 7) is 3.61. The van der Waals surface area contributed by atoms with Gasteiger partial charge in [-0.1, -0.05) is 24.3 Å². The molecule has 2 unspecified atom stereocenters. The van der Waals surface area contributed by atoms with E-state index in [1.807, 2.05) is 4.90 Å². The van der Waals surface area contributed by atoms with Gasteiger partial charge in [0.15, 0.2) is 0 Å². The molecule has 120 valence electrons. The van der Waals surface area contributed by atoms with E-state index in [-0.39, 0.29) is 5.91 Å². The van der Waals surface area contributed by atoms with Gasteiger partial charge in [-0.25, -0.2) is 0 Å². The van der Waals surface area contributed by atoms with Gasteiger partial charge in [0.25, 0.3) is 5.91 Å². The molecule has 0 radical (unpaired) electrons. The molecule has 1 saturated heterocycles. The first-order valence-corrected chi connectivity index (χ1v) is 9.21. The first-order valence-electron chi connectivity index (χ1n) is 8.39. The highest BCUT2D eigenvalue weighted by Crippen LogP contribution is 2.40. The number of amides is 1. The number of thiophene rings is 1. The van der Waals surface area contributed by atoms with Gasteiger partial charge in [-0.3, -0.25) is 4.79 Å². The van der Waals surface area contributed by atoms with Crippen LogP contribution in [0.3, 0.4) is 0 Å². The second kappa shape index (κ2) is 5.77. The van der Waals surface area contributed by atoms with Crippen molar-refractivity contribution in [2.24, 2.45) is 11.7 Å². The minimum atomic E-state index is 0.185. The fourth-order valence-electron chi connectivity index (χ4n) is 3.91. The molecule has 1 aliphatic heterocycles. The van der Waals surface area contributed by atoms with Crippen molar-refractivity contribution < 1.29 is 4.79 Å². The summed E-state index contributed by atoms with van der Waals surface area (Å²) in [5.74, 6) is 0.634.